The number of carbonyl (C=O) groups excluding carboxylic acids is 2. The molecule has 0 amide bonds. The fraction of sp³-hybridized carbons (Fsp3) is 0.600. The second-order valence-corrected chi connectivity index (χ2v) is 11.8. The highest BCUT2D eigenvalue weighted by molar-refractivity contribution is 7.47. The Labute approximate surface area is 271 Å². The lowest BCUT2D eigenvalue weighted by atomic mass is 10.1. The molecule has 45 heavy (non-hydrogen) atoms. The van der Waals surface area contributed by atoms with E-state index in [1.54, 1.807) is 0 Å². The highest BCUT2D eigenvalue weighted by atomic mass is 31.2. The number of rotatable bonds is 29. The molecule has 0 aliphatic rings. The van der Waals surface area contributed by atoms with Crippen molar-refractivity contribution in [3.05, 3.63) is 72.9 Å². The van der Waals surface area contributed by atoms with Crippen molar-refractivity contribution in [1.29, 1.82) is 0 Å². The summed E-state index contributed by atoms with van der Waals surface area (Å²) in [5.74, 6) is -0.930. The topological polar surface area (TPSA) is 134 Å². The highest BCUT2D eigenvalue weighted by Crippen LogP contribution is 2.43. The average Bonchev–Trinajstić information content (AvgIpc) is 3.02. The highest BCUT2D eigenvalue weighted by Gasteiger charge is 2.25. The molecule has 256 valence electrons. The number of phosphoric ester groups is 1. The third-order valence-corrected chi connectivity index (χ3v) is 7.13. The smallest absolute Gasteiger partial charge is 0.462 e. The summed E-state index contributed by atoms with van der Waals surface area (Å²) in [4.78, 5) is 34.5. The maximum Gasteiger partial charge on any atom is 0.472 e. The van der Waals surface area contributed by atoms with Gasteiger partial charge in [-0.15, -0.1) is 0 Å². The molecule has 0 saturated heterocycles. The van der Waals surface area contributed by atoms with Crippen LogP contribution in [0.2, 0.25) is 0 Å². The summed E-state index contributed by atoms with van der Waals surface area (Å²) in [6.07, 6.45) is 35.2. The van der Waals surface area contributed by atoms with E-state index in [0.717, 1.165) is 64.2 Å². The minimum atomic E-state index is -4.38. The van der Waals surface area contributed by atoms with Gasteiger partial charge in [0, 0.05) is 19.4 Å². The van der Waals surface area contributed by atoms with Crippen LogP contribution in [-0.4, -0.2) is 49.3 Å². The van der Waals surface area contributed by atoms with E-state index in [1.165, 1.54) is 0 Å². The van der Waals surface area contributed by atoms with Gasteiger partial charge in [0.2, 0.25) is 0 Å². The summed E-state index contributed by atoms with van der Waals surface area (Å²) >= 11 is 0. The molecule has 10 heteroatoms. The van der Waals surface area contributed by atoms with E-state index in [4.69, 9.17) is 24.3 Å². The minimum Gasteiger partial charge on any atom is -0.462 e. The molecule has 0 aliphatic carbocycles. The van der Waals surface area contributed by atoms with Crippen molar-refractivity contribution in [3.63, 3.8) is 0 Å². The molecule has 0 radical (unpaired) electrons. The Morgan fingerprint density at radius 2 is 1.29 bits per heavy atom. The summed E-state index contributed by atoms with van der Waals surface area (Å²) in [7, 11) is -4.38. The number of ether oxygens (including phenoxy) is 2. The van der Waals surface area contributed by atoms with E-state index < -0.39 is 32.5 Å². The molecule has 9 nitrogen and oxygen atoms in total. The van der Waals surface area contributed by atoms with Gasteiger partial charge in [-0.1, -0.05) is 106 Å². The lowest BCUT2D eigenvalue weighted by Gasteiger charge is -2.19. The maximum absolute atomic E-state index is 12.4. The van der Waals surface area contributed by atoms with Crippen molar-refractivity contribution in [3.8, 4) is 0 Å². The molecule has 0 spiro atoms. The molecule has 0 aliphatic heterocycles. The van der Waals surface area contributed by atoms with Crippen molar-refractivity contribution >= 4 is 19.8 Å². The molecular weight excluding hydrogens is 593 g/mol. The molecule has 0 fully saturated rings. The van der Waals surface area contributed by atoms with Gasteiger partial charge in [-0.05, 0) is 57.8 Å². The molecule has 2 unspecified atom stereocenters. The van der Waals surface area contributed by atoms with Gasteiger partial charge >= 0.3 is 19.8 Å². The van der Waals surface area contributed by atoms with Crippen molar-refractivity contribution < 1.29 is 37.6 Å². The van der Waals surface area contributed by atoms with Gasteiger partial charge in [0.1, 0.15) is 6.61 Å². The largest absolute Gasteiger partial charge is 0.472 e. The van der Waals surface area contributed by atoms with E-state index in [2.05, 4.69) is 62.5 Å². The normalized spacial score (nSPS) is 14.5. The zero-order valence-electron chi connectivity index (χ0n) is 27.6. The van der Waals surface area contributed by atoms with Gasteiger partial charge in [0.05, 0.1) is 13.2 Å². The summed E-state index contributed by atoms with van der Waals surface area (Å²) in [5, 5.41) is 0. The Kier molecular flexibility index (Phi) is 29.7. The Bertz CT molecular complexity index is 971. The van der Waals surface area contributed by atoms with Crippen LogP contribution in [0, 0.1) is 0 Å². The number of hydrogen-bond acceptors (Lipinski definition) is 8. The Morgan fingerprint density at radius 3 is 2.00 bits per heavy atom. The molecule has 0 rings (SSSR count). The predicted molar refractivity (Wildman–Crippen MR) is 182 cm³/mol. The fourth-order valence-electron chi connectivity index (χ4n) is 3.77. The quantitative estimate of drug-likeness (QED) is 0.0269. The molecule has 0 aromatic carbocycles. The van der Waals surface area contributed by atoms with Gasteiger partial charge in [-0.3, -0.25) is 18.6 Å². The van der Waals surface area contributed by atoms with Gasteiger partial charge in [-0.25, -0.2) is 4.57 Å². The number of esters is 2. The van der Waals surface area contributed by atoms with Crippen LogP contribution in [0.15, 0.2) is 72.9 Å². The van der Waals surface area contributed by atoms with E-state index in [-0.39, 0.29) is 32.6 Å². The van der Waals surface area contributed by atoms with Crippen LogP contribution < -0.4 is 5.73 Å². The second-order valence-electron chi connectivity index (χ2n) is 10.3. The standard InChI is InChI=1S/C35H58NO8P/c1-3-5-7-9-11-13-15-16-18-20-22-24-26-28-35(38)44-33(32-43-45(39,40)42-30-29-36)31-41-34(37)27-25-23-21-19-17-14-12-10-8-6-4-2/h5-9,11-15,19,21,33H,3-4,10,16-18,20,22-32,36H2,1-2H3,(H,39,40)/b7-5+,8-6+,11-9+,14-12+,15-13+,21-19+. The molecule has 2 atom stereocenters. The van der Waals surface area contributed by atoms with Gasteiger partial charge in [-0.2, -0.15) is 0 Å². The van der Waals surface area contributed by atoms with Crippen LogP contribution >= 0.6 is 7.82 Å². The zero-order valence-corrected chi connectivity index (χ0v) is 28.5. The van der Waals surface area contributed by atoms with Crippen LogP contribution in [-0.2, 0) is 32.7 Å². The summed E-state index contributed by atoms with van der Waals surface area (Å²) in [6, 6.07) is 0. The van der Waals surface area contributed by atoms with Gasteiger partial charge in [0.25, 0.3) is 0 Å². The number of unbranched alkanes of at least 4 members (excludes halogenated alkanes) is 6. The van der Waals surface area contributed by atoms with Crippen LogP contribution in [0.3, 0.4) is 0 Å². The molecular formula is C35H58NO8P. The van der Waals surface area contributed by atoms with Gasteiger partial charge < -0.3 is 20.1 Å². The molecule has 0 aromatic heterocycles. The van der Waals surface area contributed by atoms with Gasteiger partial charge in [0.15, 0.2) is 6.10 Å². The molecule has 0 bridgehead atoms. The Hall–Kier alpha value is -2.55. The first-order valence-electron chi connectivity index (χ1n) is 16.4. The fourth-order valence-corrected chi connectivity index (χ4v) is 4.54. The Balaban J connectivity index is 4.43. The first-order valence-corrected chi connectivity index (χ1v) is 17.9. The van der Waals surface area contributed by atoms with E-state index >= 15 is 0 Å². The Morgan fingerprint density at radius 1 is 0.689 bits per heavy atom. The minimum absolute atomic E-state index is 0.0391. The zero-order chi connectivity index (χ0) is 33.3. The SMILES string of the molecule is CC/C=C/C=C/C=C/CCCCCCCC(=O)OC(COC(=O)CCC/C=C/C/C=C/C/C=C/CC)COP(=O)(O)OCCN. The molecule has 0 heterocycles. The van der Waals surface area contributed by atoms with Crippen molar-refractivity contribution in [1.82, 2.24) is 0 Å². The van der Waals surface area contributed by atoms with E-state index in [9.17, 15) is 19.0 Å². The van der Waals surface area contributed by atoms with E-state index in [1.807, 2.05) is 24.3 Å². The number of carbonyl (C=O) groups is 2. The lowest BCUT2D eigenvalue weighted by Crippen LogP contribution is -2.29. The summed E-state index contributed by atoms with van der Waals surface area (Å²) in [6.45, 7) is 3.34. The van der Waals surface area contributed by atoms with Crippen molar-refractivity contribution in [2.45, 2.75) is 110 Å². The predicted octanol–water partition coefficient (Wildman–Crippen LogP) is 8.37. The molecule has 0 aromatic rings. The number of phosphoric acid groups is 1. The van der Waals surface area contributed by atoms with Crippen LogP contribution in [0.25, 0.3) is 0 Å². The van der Waals surface area contributed by atoms with Crippen LogP contribution in [0.4, 0.5) is 0 Å². The van der Waals surface area contributed by atoms with Crippen molar-refractivity contribution in [2.24, 2.45) is 5.73 Å². The summed E-state index contributed by atoms with van der Waals surface area (Å²) < 4.78 is 32.4. The number of hydrogen-bond donors (Lipinski definition) is 2. The summed E-state index contributed by atoms with van der Waals surface area (Å²) in [5.41, 5.74) is 5.31. The maximum atomic E-state index is 12.4. The number of nitrogens with two attached hydrogens (primary N) is 1. The molecule has 3 N–H and O–H groups in total. The van der Waals surface area contributed by atoms with Crippen LogP contribution in [0.1, 0.15) is 104 Å². The van der Waals surface area contributed by atoms with Crippen molar-refractivity contribution in [2.75, 3.05) is 26.4 Å². The number of allylic oxidation sites excluding steroid dienone is 12. The van der Waals surface area contributed by atoms with E-state index in [0.29, 0.717) is 12.8 Å². The lowest BCUT2D eigenvalue weighted by molar-refractivity contribution is -0.161. The first-order chi connectivity index (χ1) is 21.8. The third-order valence-electron chi connectivity index (χ3n) is 6.15. The first kappa shape index (κ1) is 42.5. The second kappa shape index (κ2) is 31.4. The molecule has 0 saturated carbocycles. The monoisotopic (exact) mass is 651 g/mol. The van der Waals surface area contributed by atoms with Crippen LogP contribution in [0.5, 0.6) is 0 Å². The average molecular weight is 652 g/mol. The third kappa shape index (κ3) is 31.2.